The number of aliphatic hydroxyl groups excluding tert-OH is 1. The van der Waals surface area contributed by atoms with E-state index in [0.717, 1.165) is 24.6 Å². The number of likely N-dealkylation sites (tertiary alicyclic amines) is 1. The summed E-state index contributed by atoms with van der Waals surface area (Å²) in [6.45, 7) is 22.9. The van der Waals surface area contributed by atoms with E-state index in [-0.39, 0.29) is 54.5 Å². The maximum atomic E-state index is 14.6. The third kappa shape index (κ3) is 24.7. The van der Waals surface area contributed by atoms with E-state index in [9.17, 15) is 73.2 Å². The van der Waals surface area contributed by atoms with E-state index < -0.39 is 162 Å². The fourth-order valence-electron chi connectivity index (χ4n) is 11.0. The Hall–Kier alpha value is -5.68. The normalized spacial score (nSPS) is 18.5. The molecule has 1 fully saturated rings. The van der Waals surface area contributed by atoms with Crippen LogP contribution in [-0.4, -0.2) is 231 Å². The molecule has 8 amide bonds. The van der Waals surface area contributed by atoms with Crippen LogP contribution < -0.4 is 37.6 Å². The highest BCUT2D eigenvalue weighted by molar-refractivity contribution is 8.01. The molecule has 0 bridgehead atoms. The second kappa shape index (κ2) is 38.0. The highest BCUT2D eigenvalue weighted by Gasteiger charge is 2.45. The molecule has 0 aromatic heterocycles. The first-order chi connectivity index (χ1) is 40.5. The Kier molecular flexibility index (Phi) is 34.7. The molecular formula is C59H106N10O17S. The third-order valence-electron chi connectivity index (χ3n) is 16.4. The Morgan fingerprint density at radius 1 is 0.713 bits per heavy atom. The van der Waals surface area contributed by atoms with Gasteiger partial charge in [-0.25, -0.2) is 4.79 Å². The van der Waals surface area contributed by atoms with E-state index in [2.05, 4.69) is 31.9 Å². The van der Waals surface area contributed by atoms with Gasteiger partial charge in [0.1, 0.15) is 35.5 Å². The van der Waals surface area contributed by atoms with Gasteiger partial charge >= 0.3 is 17.9 Å². The molecule has 1 aliphatic rings. The number of nitrogens with one attached hydrogen (secondary N) is 6. The second-order valence-electron chi connectivity index (χ2n) is 24.3. The predicted octanol–water partition coefficient (Wildman–Crippen LogP) is 1.30. The lowest BCUT2D eigenvalue weighted by Crippen LogP contribution is -2.61. The molecule has 1 aliphatic heterocycles. The van der Waals surface area contributed by atoms with Gasteiger partial charge in [0, 0.05) is 64.5 Å². The number of carboxylic acid groups (broad SMARTS) is 3. The van der Waals surface area contributed by atoms with Gasteiger partial charge in [-0.05, 0) is 70.8 Å². The summed E-state index contributed by atoms with van der Waals surface area (Å²) in [4.78, 5) is 152. The SMILES string of the molecule is CCCC(C)(C)SC(CC(=O)NC(CN)C(=O)NCC(NC(=O)C(CCC(=O)O)NC(=O)C(NC(=O)C(C)C(OC)C1CCCN1C(=O)CC(OC)C(C(C)CC)N(C)C(=O)C(NC(=O)C(C(C)C)N(C)C(C)CC)C(C)C)C(C)O)C(=O)O)C(=O)O. The van der Waals surface area contributed by atoms with Gasteiger partial charge in [-0.15, -0.1) is 11.8 Å². The Labute approximate surface area is 518 Å². The number of likely N-dealkylation sites (N-methyl/N-ethyl adjacent to an activating group) is 2. The van der Waals surface area contributed by atoms with Gasteiger partial charge in [-0.3, -0.25) is 52.8 Å². The lowest BCUT2D eigenvalue weighted by molar-refractivity contribution is -0.148. The second-order valence-corrected chi connectivity index (χ2v) is 26.2. The standard InChI is InChI=1S/C59H106N10O17S/c1-18-25-59(12,13)87-42(58(83)84)28-43(71)62-38(29-60)52(76)61-30-39(57(81)82)64-53(77)37(23-24-45(73)74)63-54(78)47(36(11)70)66-51(75)35(10)50(86-17)40-22-21-26-69(40)44(72)27-41(85-16)49(33(8)19-2)68(15)56(80)46(31(4)5)65-55(79)48(32(6)7)67(14)34(9)20-3/h31-42,46-50,70H,18-30,60H2,1-17H3,(H,61,76)(H,62,71)(H,63,78)(H,64,77)(H,65,79)(H,66,75)(H,73,74)(H,81,82)(H,83,84). The van der Waals surface area contributed by atoms with Crippen molar-refractivity contribution in [1.82, 2.24) is 46.6 Å². The Morgan fingerprint density at radius 3 is 1.79 bits per heavy atom. The van der Waals surface area contributed by atoms with Gasteiger partial charge in [-0.2, -0.15) is 0 Å². The molecule has 1 heterocycles. The smallest absolute Gasteiger partial charge is 0.328 e. The minimum absolute atomic E-state index is 0.0504. The van der Waals surface area contributed by atoms with Crippen LogP contribution in [0, 0.1) is 23.7 Å². The van der Waals surface area contributed by atoms with Crippen molar-refractivity contribution in [2.24, 2.45) is 29.4 Å². The molecule has 0 radical (unpaired) electrons. The Bertz CT molecular complexity index is 2290. The maximum Gasteiger partial charge on any atom is 0.328 e. The topological polar surface area (TPSA) is 395 Å². The highest BCUT2D eigenvalue weighted by Crippen LogP contribution is 2.35. The van der Waals surface area contributed by atoms with E-state index in [1.807, 2.05) is 88.1 Å². The van der Waals surface area contributed by atoms with Crippen molar-refractivity contribution in [3.63, 3.8) is 0 Å². The van der Waals surface area contributed by atoms with Crippen molar-refractivity contribution < 1.29 is 82.6 Å². The molecule has 0 spiro atoms. The van der Waals surface area contributed by atoms with Crippen molar-refractivity contribution in [3.8, 4) is 0 Å². The number of aliphatic carboxylic acids is 3. The zero-order valence-electron chi connectivity index (χ0n) is 54.4. The number of nitrogens with zero attached hydrogens (tertiary/aromatic N) is 3. The molecule has 15 atom stereocenters. The van der Waals surface area contributed by atoms with Crippen LogP contribution in [0.15, 0.2) is 0 Å². The molecule has 27 nitrogen and oxygen atoms in total. The van der Waals surface area contributed by atoms with Crippen LogP contribution in [0.2, 0.25) is 0 Å². The summed E-state index contributed by atoms with van der Waals surface area (Å²) in [5.74, 6) is -11.9. The monoisotopic (exact) mass is 1260 g/mol. The number of methoxy groups -OCH3 is 2. The number of ether oxygens (including phenoxy) is 2. The number of carboxylic acids is 3. The molecule has 0 aromatic carbocycles. The lowest BCUT2D eigenvalue weighted by atomic mass is 9.89. The van der Waals surface area contributed by atoms with E-state index in [1.165, 1.54) is 28.1 Å². The van der Waals surface area contributed by atoms with Crippen LogP contribution in [0.25, 0.3) is 0 Å². The zero-order valence-corrected chi connectivity index (χ0v) is 55.2. The summed E-state index contributed by atoms with van der Waals surface area (Å²) in [7, 11) is 6.37. The summed E-state index contributed by atoms with van der Waals surface area (Å²) in [6.07, 6.45) is -1.62. The summed E-state index contributed by atoms with van der Waals surface area (Å²) in [6, 6.07) is -9.49. The number of hydrogen-bond acceptors (Lipinski definition) is 17. The first-order valence-corrected chi connectivity index (χ1v) is 31.2. The number of amides is 8. The van der Waals surface area contributed by atoms with Gasteiger partial charge in [0.05, 0.1) is 48.8 Å². The first-order valence-electron chi connectivity index (χ1n) is 30.4. The van der Waals surface area contributed by atoms with Gasteiger partial charge in [-0.1, -0.05) is 89.0 Å². The number of carbonyl (C=O) groups excluding carboxylic acids is 8. The number of aliphatic hydroxyl groups is 1. The quantitative estimate of drug-likeness (QED) is 0.0411. The van der Waals surface area contributed by atoms with Crippen molar-refractivity contribution in [3.05, 3.63) is 0 Å². The molecule has 1 saturated heterocycles. The Morgan fingerprint density at radius 2 is 1.31 bits per heavy atom. The molecule has 1 rings (SSSR count). The fourth-order valence-corrected chi connectivity index (χ4v) is 12.4. The van der Waals surface area contributed by atoms with E-state index in [1.54, 1.807) is 16.8 Å². The number of carbonyl (C=O) groups is 11. The predicted molar refractivity (Wildman–Crippen MR) is 328 cm³/mol. The summed E-state index contributed by atoms with van der Waals surface area (Å²) in [5.41, 5.74) is 5.74. The molecule has 28 heteroatoms. The van der Waals surface area contributed by atoms with Crippen molar-refractivity contribution in [2.45, 2.75) is 237 Å². The van der Waals surface area contributed by atoms with Gasteiger partial charge < -0.3 is 77.3 Å². The largest absolute Gasteiger partial charge is 0.481 e. The maximum absolute atomic E-state index is 14.6. The molecule has 500 valence electrons. The van der Waals surface area contributed by atoms with Crippen LogP contribution >= 0.6 is 11.8 Å². The molecule has 12 N–H and O–H groups in total. The average molecular weight is 1260 g/mol. The first kappa shape index (κ1) is 79.3. The molecule has 0 aromatic rings. The minimum atomic E-state index is -1.91. The van der Waals surface area contributed by atoms with Crippen LogP contribution in [0.1, 0.15) is 154 Å². The average Bonchev–Trinajstić information content (AvgIpc) is 2.92. The van der Waals surface area contributed by atoms with Gasteiger partial charge in [0.2, 0.25) is 47.3 Å². The third-order valence-corrected chi connectivity index (χ3v) is 17.9. The highest BCUT2D eigenvalue weighted by atomic mass is 32.2. The zero-order chi connectivity index (χ0) is 67.0. The van der Waals surface area contributed by atoms with Crippen LogP contribution in [0.3, 0.4) is 0 Å². The number of hydrogen-bond donors (Lipinski definition) is 11. The Balaban J connectivity index is 3.34. The molecule has 0 saturated carbocycles. The van der Waals surface area contributed by atoms with E-state index in [4.69, 9.17) is 15.2 Å². The number of thioether (sulfide) groups is 1. The van der Waals surface area contributed by atoms with Crippen molar-refractivity contribution in [2.75, 3.05) is 47.9 Å². The summed E-state index contributed by atoms with van der Waals surface area (Å²) < 4.78 is 11.5. The van der Waals surface area contributed by atoms with Crippen molar-refractivity contribution in [1.29, 1.82) is 0 Å². The lowest BCUT2D eigenvalue weighted by Gasteiger charge is -2.41. The van der Waals surface area contributed by atoms with E-state index >= 15 is 0 Å². The van der Waals surface area contributed by atoms with Crippen LogP contribution in [0.4, 0.5) is 0 Å². The molecule has 15 unspecified atom stereocenters. The number of nitrogens with two attached hydrogens (primary N) is 1. The fraction of sp³-hybridized carbons (Fsp3) is 0.814. The van der Waals surface area contributed by atoms with Crippen LogP contribution in [-0.2, 0) is 62.2 Å². The molecule has 0 aliphatic carbocycles. The van der Waals surface area contributed by atoms with Crippen LogP contribution in [0.5, 0.6) is 0 Å². The molecule has 87 heavy (non-hydrogen) atoms. The van der Waals surface area contributed by atoms with Gasteiger partial charge in [0.15, 0.2) is 0 Å². The minimum Gasteiger partial charge on any atom is -0.481 e. The number of rotatable bonds is 41. The summed E-state index contributed by atoms with van der Waals surface area (Å²) >= 11 is 1.09. The van der Waals surface area contributed by atoms with Crippen molar-refractivity contribution >= 4 is 76.9 Å². The van der Waals surface area contributed by atoms with Gasteiger partial charge in [0.25, 0.3) is 0 Å². The summed E-state index contributed by atoms with van der Waals surface area (Å²) in [5, 5.41) is 53.7. The molecular weight excluding hydrogens is 1150 g/mol. The van der Waals surface area contributed by atoms with E-state index in [0.29, 0.717) is 25.7 Å².